The summed E-state index contributed by atoms with van der Waals surface area (Å²) in [6.07, 6.45) is 2.66. The van der Waals surface area contributed by atoms with Crippen LogP contribution in [-0.4, -0.2) is 46.8 Å². The quantitative estimate of drug-likeness (QED) is 0.688. The van der Waals surface area contributed by atoms with Crippen molar-refractivity contribution in [1.82, 2.24) is 15.2 Å². The highest BCUT2D eigenvalue weighted by molar-refractivity contribution is 5.40. The Morgan fingerprint density at radius 2 is 2.11 bits per heavy atom. The first-order valence-corrected chi connectivity index (χ1v) is 6.61. The van der Waals surface area contributed by atoms with Gasteiger partial charge in [0.05, 0.1) is 12.3 Å². The third kappa shape index (κ3) is 4.78. The minimum Gasteiger partial charge on any atom is -0.506 e. The summed E-state index contributed by atoms with van der Waals surface area (Å²) in [5.74, 6) is 0.179. The van der Waals surface area contributed by atoms with Crippen molar-refractivity contribution in [2.75, 3.05) is 20.6 Å². The minimum absolute atomic E-state index is 0.107. The Morgan fingerprint density at radius 3 is 2.68 bits per heavy atom. The van der Waals surface area contributed by atoms with Crippen molar-refractivity contribution in [3.05, 3.63) is 23.0 Å². The number of nitrogens with zero attached hydrogens (tertiary/aromatic N) is 2. The number of aryl methyl sites for hydroxylation is 1. The summed E-state index contributed by atoms with van der Waals surface area (Å²) < 4.78 is 0. The molecule has 0 saturated heterocycles. The van der Waals surface area contributed by atoms with E-state index in [-0.39, 0.29) is 12.4 Å². The van der Waals surface area contributed by atoms with E-state index in [0.29, 0.717) is 23.8 Å². The Labute approximate surface area is 115 Å². The summed E-state index contributed by atoms with van der Waals surface area (Å²) in [5, 5.41) is 22.7. The minimum atomic E-state index is -0.107. The van der Waals surface area contributed by atoms with Crippen LogP contribution >= 0.6 is 0 Å². The molecule has 0 aliphatic heterocycles. The van der Waals surface area contributed by atoms with Crippen molar-refractivity contribution < 1.29 is 10.2 Å². The predicted octanol–water partition coefficient (Wildman–Crippen LogP) is 1.02. The first-order chi connectivity index (χ1) is 8.95. The third-order valence-corrected chi connectivity index (χ3v) is 3.24. The van der Waals surface area contributed by atoms with E-state index in [1.807, 2.05) is 0 Å². The van der Waals surface area contributed by atoms with Gasteiger partial charge in [-0.25, -0.2) is 0 Å². The molecular weight excluding hydrogens is 242 g/mol. The van der Waals surface area contributed by atoms with Crippen molar-refractivity contribution in [2.45, 2.75) is 39.5 Å². The normalized spacial score (nSPS) is 12.9. The number of aliphatic hydroxyl groups excluding tert-OH is 1. The van der Waals surface area contributed by atoms with Crippen molar-refractivity contribution in [3.8, 4) is 5.75 Å². The molecule has 1 rings (SSSR count). The second-order valence-electron chi connectivity index (χ2n) is 5.23. The topological polar surface area (TPSA) is 68.6 Å². The zero-order valence-electron chi connectivity index (χ0n) is 12.3. The molecule has 1 unspecified atom stereocenters. The monoisotopic (exact) mass is 267 g/mol. The van der Waals surface area contributed by atoms with Crippen LogP contribution in [0.15, 0.2) is 6.20 Å². The smallest absolute Gasteiger partial charge is 0.141 e. The fourth-order valence-corrected chi connectivity index (χ4v) is 1.85. The number of hydrogen-bond donors (Lipinski definition) is 3. The lowest BCUT2D eigenvalue weighted by atomic mass is 10.1. The fourth-order valence-electron chi connectivity index (χ4n) is 1.85. The maximum atomic E-state index is 10.0. The first-order valence-electron chi connectivity index (χ1n) is 6.61. The number of hydrogen-bond acceptors (Lipinski definition) is 5. The van der Waals surface area contributed by atoms with Gasteiger partial charge in [0.15, 0.2) is 0 Å². The standard InChI is InChI=1S/C14H25N3O2/c1-10(5-6-17(3)4)15-8-13-12(9-18)7-16-11(2)14(13)19/h7,10,15,18-19H,5-6,8-9H2,1-4H3. The molecule has 1 atom stereocenters. The number of aliphatic hydroxyl groups is 1. The molecule has 0 radical (unpaired) electrons. The highest BCUT2D eigenvalue weighted by atomic mass is 16.3. The highest BCUT2D eigenvalue weighted by Gasteiger charge is 2.12. The van der Waals surface area contributed by atoms with E-state index >= 15 is 0 Å². The Hall–Kier alpha value is -1.17. The van der Waals surface area contributed by atoms with Gasteiger partial charge in [-0.2, -0.15) is 0 Å². The van der Waals surface area contributed by atoms with Gasteiger partial charge < -0.3 is 20.4 Å². The summed E-state index contributed by atoms with van der Waals surface area (Å²) in [4.78, 5) is 6.20. The van der Waals surface area contributed by atoms with Crippen LogP contribution in [0.3, 0.4) is 0 Å². The molecule has 5 nitrogen and oxygen atoms in total. The van der Waals surface area contributed by atoms with E-state index in [1.165, 1.54) is 0 Å². The number of rotatable bonds is 7. The summed E-state index contributed by atoms with van der Waals surface area (Å²) in [6.45, 7) is 5.33. The second kappa shape index (κ2) is 7.43. The van der Waals surface area contributed by atoms with E-state index in [4.69, 9.17) is 0 Å². The van der Waals surface area contributed by atoms with Gasteiger partial charge >= 0.3 is 0 Å². The molecule has 108 valence electrons. The molecule has 1 aromatic heterocycles. The van der Waals surface area contributed by atoms with Crippen LogP contribution < -0.4 is 5.32 Å². The number of aromatic nitrogens is 1. The molecular formula is C14H25N3O2. The molecule has 0 amide bonds. The van der Waals surface area contributed by atoms with E-state index in [9.17, 15) is 10.2 Å². The predicted molar refractivity (Wildman–Crippen MR) is 76.0 cm³/mol. The highest BCUT2D eigenvalue weighted by Crippen LogP contribution is 2.23. The van der Waals surface area contributed by atoms with Gasteiger partial charge in [0.1, 0.15) is 5.75 Å². The van der Waals surface area contributed by atoms with Crippen LogP contribution in [0.25, 0.3) is 0 Å². The number of nitrogens with one attached hydrogen (secondary N) is 1. The van der Waals surface area contributed by atoms with Gasteiger partial charge in [0.25, 0.3) is 0 Å². The number of aromatic hydroxyl groups is 1. The molecule has 19 heavy (non-hydrogen) atoms. The SMILES string of the molecule is Cc1ncc(CO)c(CNC(C)CCN(C)C)c1O. The van der Waals surface area contributed by atoms with Crippen molar-refractivity contribution >= 4 is 0 Å². The van der Waals surface area contributed by atoms with E-state index in [0.717, 1.165) is 18.5 Å². The van der Waals surface area contributed by atoms with Crippen LogP contribution in [0.4, 0.5) is 0 Å². The number of pyridine rings is 1. The Balaban J connectivity index is 2.64. The molecule has 0 fully saturated rings. The Bertz CT molecular complexity index is 408. The van der Waals surface area contributed by atoms with Gasteiger partial charge in [-0.3, -0.25) is 4.98 Å². The van der Waals surface area contributed by atoms with Crippen molar-refractivity contribution in [2.24, 2.45) is 0 Å². The maximum Gasteiger partial charge on any atom is 0.141 e. The lowest BCUT2D eigenvalue weighted by Gasteiger charge is -2.18. The summed E-state index contributed by atoms with van der Waals surface area (Å²) >= 11 is 0. The Morgan fingerprint density at radius 1 is 1.42 bits per heavy atom. The fraction of sp³-hybridized carbons (Fsp3) is 0.643. The molecule has 5 heteroatoms. The average molecular weight is 267 g/mol. The lowest BCUT2D eigenvalue weighted by Crippen LogP contribution is -2.29. The van der Waals surface area contributed by atoms with Crippen molar-refractivity contribution in [1.29, 1.82) is 0 Å². The second-order valence-corrected chi connectivity index (χ2v) is 5.23. The zero-order chi connectivity index (χ0) is 14.4. The Kier molecular flexibility index (Phi) is 6.21. The van der Waals surface area contributed by atoms with Gasteiger partial charge in [0.2, 0.25) is 0 Å². The lowest BCUT2D eigenvalue weighted by molar-refractivity contribution is 0.278. The molecule has 0 aromatic carbocycles. The summed E-state index contributed by atoms with van der Waals surface area (Å²) in [7, 11) is 4.10. The van der Waals surface area contributed by atoms with Crippen LogP contribution in [0.1, 0.15) is 30.2 Å². The largest absolute Gasteiger partial charge is 0.506 e. The van der Waals surface area contributed by atoms with Crippen LogP contribution in [-0.2, 0) is 13.2 Å². The van der Waals surface area contributed by atoms with Crippen LogP contribution in [0.5, 0.6) is 5.75 Å². The summed E-state index contributed by atoms with van der Waals surface area (Å²) in [5.41, 5.74) is 2.01. The van der Waals surface area contributed by atoms with E-state index in [2.05, 4.69) is 36.2 Å². The van der Waals surface area contributed by atoms with Crippen LogP contribution in [0, 0.1) is 6.92 Å². The van der Waals surface area contributed by atoms with Crippen molar-refractivity contribution in [3.63, 3.8) is 0 Å². The van der Waals surface area contributed by atoms with Gasteiger partial charge in [-0.05, 0) is 40.9 Å². The van der Waals surface area contributed by atoms with Gasteiger partial charge in [-0.1, -0.05) is 0 Å². The molecule has 0 saturated carbocycles. The van der Waals surface area contributed by atoms with E-state index < -0.39 is 0 Å². The third-order valence-electron chi connectivity index (χ3n) is 3.24. The van der Waals surface area contributed by atoms with Crippen LogP contribution in [0.2, 0.25) is 0 Å². The molecule has 0 bridgehead atoms. The van der Waals surface area contributed by atoms with Gasteiger partial charge in [0, 0.05) is 29.9 Å². The first kappa shape index (κ1) is 15.9. The molecule has 1 aromatic rings. The molecule has 0 spiro atoms. The average Bonchev–Trinajstić information content (AvgIpc) is 2.38. The maximum absolute atomic E-state index is 10.0. The molecule has 1 heterocycles. The molecule has 3 N–H and O–H groups in total. The molecule has 0 aliphatic carbocycles. The van der Waals surface area contributed by atoms with E-state index in [1.54, 1.807) is 13.1 Å². The zero-order valence-corrected chi connectivity index (χ0v) is 12.3. The summed E-state index contributed by atoms with van der Waals surface area (Å²) in [6, 6.07) is 0.349. The molecule has 0 aliphatic rings. The van der Waals surface area contributed by atoms with Gasteiger partial charge in [-0.15, -0.1) is 0 Å².